The van der Waals surface area contributed by atoms with Crippen molar-refractivity contribution in [2.24, 2.45) is 0 Å². The zero-order valence-corrected chi connectivity index (χ0v) is 9.60. The Morgan fingerprint density at radius 2 is 1.90 bits per heavy atom. The maximum atomic E-state index is 12.1. The van der Waals surface area contributed by atoms with Crippen LogP contribution < -0.4 is 14.7 Å². The summed E-state index contributed by atoms with van der Waals surface area (Å²) < 4.78 is 40.2. The molecule has 1 N–H and O–H groups in total. The first-order chi connectivity index (χ1) is 9.29. The first-order valence-corrected chi connectivity index (χ1v) is 5.16. The Morgan fingerprint density at radius 1 is 1.25 bits per heavy atom. The van der Waals surface area contributed by atoms with Gasteiger partial charge in [-0.05, 0) is 12.1 Å². The van der Waals surface area contributed by atoms with E-state index in [1.807, 2.05) is 0 Å². The summed E-state index contributed by atoms with van der Waals surface area (Å²) in [5.41, 5.74) is -0.925. The van der Waals surface area contributed by atoms with Gasteiger partial charge in [-0.15, -0.1) is 5.10 Å². The minimum Gasteiger partial charge on any atom is -0.409 e. The molecule has 2 rings (SSSR count). The molecule has 0 unspecified atom stereocenters. The first kappa shape index (κ1) is 13.7. The highest BCUT2D eigenvalue weighted by atomic mass is 19.4. The van der Waals surface area contributed by atoms with E-state index in [1.165, 1.54) is 24.3 Å². The number of hydrogen-bond donors (Lipinski definition) is 1. The zero-order valence-electron chi connectivity index (χ0n) is 9.60. The van der Waals surface area contributed by atoms with E-state index < -0.39 is 23.3 Å². The summed E-state index contributed by atoms with van der Waals surface area (Å²) in [6.07, 6.45) is -4.85. The minimum absolute atomic E-state index is 0.0251. The third-order valence-corrected chi connectivity index (χ3v) is 2.29. The highest BCUT2D eigenvalue weighted by Crippen LogP contribution is 2.17. The van der Waals surface area contributed by atoms with Crippen LogP contribution in [0.2, 0.25) is 0 Å². The Labute approximate surface area is 108 Å². The number of ether oxygens (including phenoxy) is 1. The van der Waals surface area contributed by atoms with Gasteiger partial charge in [0, 0.05) is 0 Å². The molecular formula is C11H6F3N2O4+. The summed E-state index contributed by atoms with van der Waals surface area (Å²) in [4.78, 5) is 34.0. The molecule has 0 amide bonds. The van der Waals surface area contributed by atoms with Crippen molar-refractivity contribution in [3.63, 3.8) is 0 Å². The van der Waals surface area contributed by atoms with E-state index in [4.69, 9.17) is 0 Å². The molecule has 20 heavy (non-hydrogen) atoms. The van der Waals surface area contributed by atoms with Crippen LogP contribution in [0.5, 0.6) is 5.75 Å². The maximum Gasteiger partial charge on any atom is 0.491 e. The molecule has 0 spiro atoms. The maximum absolute atomic E-state index is 12.1. The fourth-order valence-electron chi connectivity index (χ4n) is 1.46. The molecule has 1 heterocycles. The first-order valence-electron chi connectivity index (χ1n) is 5.16. The van der Waals surface area contributed by atoms with E-state index in [2.05, 4.69) is 9.84 Å². The molecule has 0 radical (unpaired) electrons. The molecule has 9 heteroatoms. The number of rotatable bonds is 1. The van der Waals surface area contributed by atoms with Gasteiger partial charge in [-0.2, -0.15) is 13.2 Å². The predicted octanol–water partition coefficient (Wildman–Crippen LogP) is 0.910. The van der Waals surface area contributed by atoms with Gasteiger partial charge in [0.05, 0.1) is 10.3 Å². The summed E-state index contributed by atoms with van der Waals surface area (Å²) in [6, 6.07) is 5.61. The molecule has 1 aromatic heterocycles. The second-order valence-corrected chi connectivity index (χ2v) is 3.69. The van der Waals surface area contributed by atoms with Crippen LogP contribution in [0, 0.1) is 4.91 Å². The van der Waals surface area contributed by atoms with Gasteiger partial charge in [-0.25, -0.2) is 4.79 Å². The number of carbonyl (C=O) groups excluding carboxylic acids is 1. The van der Waals surface area contributed by atoms with E-state index in [9.17, 15) is 27.7 Å². The van der Waals surface area contributed by atoms with Crippen LogP contribution in [0.1, 0.15) is 0 Å². The van der Waals surface area contributed by atoms with Gasteiger partial charge < -0.3 is 4.74 Å². The largest absolute Gasteiger partial charge is 0.491 e. The van der Waals surface area contributed by atoms with Crippen LogP contribution in [0.3, 0.4) is 0 Å². The zero-order chi connectivity index (χ0) is 14.9. The van der Waals surface area contributed by atoms with E-state index in [0.717, 1.165) is 0 Å². The molecule has 0 saturated carbocycles. The van der Waals surface area contributed by atoms with Gasteiger partial charge in [0.25, 0.3) is 5.75 Å². The molecule has 2 aromatic rings. The summed E-state index contributed by atoms with van der Waals surface area (Å²) in [5, 5.41) is 2.11. The number of esters is 1. The van der Waals surface area contributed by atoms with Crippen molar-refractivity contribution in [1.29, 1.82) is 0 Å². The highest BCUT2D eigenvalue weighted by Gasteiger charge is 2.42. The van der Waals surface area contributed by atoms with E-state index in [-0.39, 0.29) is 15.4 Å². The number of nitrogens with one attached hydrogen (secondary N) is 1. The third kappa shape index (κ3) is 2.66. The second-order valence-electron chi connectivity index (χ2n) is 3.69. The van der Waals surface area contributed by atoms with Crippen molar-refractivity contribution >= 4 is 16.9 Å². The smallest absolute Gasteiger partial charge is 0.409 e. The Morgan fingerprint density at radius 3 is 2.55 bits per heavy atom. The number of H-pyrrole nitrogens is 1. The average molecular weight is 287 g/mol. The Bertz CT molecular complexity index is 798. The van der Waals surface area contributed by atoms with Crippen LogP contribution >= 0.6 is 0 Å². The van der Waals surface area contributed by atoms with Crippen molar-refractivity contribution in [3.8, 4) is 5.75 Å². The predicted molar refractivity (Wildman–Crippen MR) is 59.6 cm³/mol. The number of nitrogens with zero attached hydrogens (tertiary/aromatic N) is 1. The van der Waals surface area contributed by atoms with E-state index in [1.54, 1.807) is 0 Å². The molecule has 0 aliphatic heterocycles. The van der Waals surface area contributed by atoms with Crippen LogP contribution in [-0.4, -0.2) is 17.2 Å². The van der Waals surface area contributed by atoms with Gasteiger partial charge in [0.2, 0.25) is 5.43 Å². The lowest BCUT2D eigenvalue weighted by atomic mass is 10.2. The molecule has 0 saturated heterocycles. The number of aromatic amines is 1. The van der Waals surface area contributed by atoms with Gasteiger partial charge in [0.15, 0.2) is 4.54 Å². The molecule has 0 fully saturated rings. The normalized spacial score (nSPS) is 11.3. The molecular weight excluding hydrogens is 281 g/mol. The molecule has 1 aromatic carbocycles. The van der Waals surface area contributed by atoms with Crippen LogP contribution in [0.15, 0.2) is 35.3 Å². The Balaban J connectivity index is 2.67. The fourth-order valence-corrected chi connectivity index (χ4v) is 1.46. The number of carbonyl (C=O) groups is 1. The molecule has 0 aliphatic rings. The molecule has 0 atom stereocenters. The summed E-state index contributed by atoms with van der Waals surface area (Å²) >= 11 is 0. The van der Waals surface area contributed by atoms with E-state index >= 15 is 0 Å². The lowest BCUT2D eigenvalue weighted by Crippen LogP contribution is -2.30. The molecule has 104 valence electrons. The Hall–Kier alpha value is -2.71. The number of halogens is 3. The monoisotopic (exact) mass is 287 g/mol. The SMILES string of the molecule is O=C(Oc1c[n+](=O)[nH]c2ccccc2c1=O)C(F)(F)F. The van der Waals surface area contributed by atoms with Gasteiger partial charge in [-0.3, -0.25) is 4.79 Å². The number of benzene rings is 1. The van der Waals surface area contributed by atoms with Crippen molar-refractivity contribution in [2.45, 2.75) is 6.18 Å². The lowest BCUT2D eigenvalue weighted by Gasteiger charge is -2.02. The van der Waals surface area contributed by atoms with Crippen molar-refractivity contribution in [3.05, 3.63) is 45.6 Å². The Kier molecular flexibility index (Phi) is 3.26. The van der Waals surface area contributed by atoms with Gasteiger partial charge in [-0.1, -0.05) is 12.1 Å². The van der Waals surface area contributed by atoms with Crippen LogP contribution in [0.4, 0.5) is 13.2 Å². The fraction of sp³-hybridized carbons (Fsp3) is 0.0909. The molecule has 0 bridgehead atoms. The number of alkyl halides is 3. The van der Waals surface area contributed by atoms with Gasteiger partial charge in [0.1, 0.15) is 5.52 Å². The van der Waals surface area contributed by atoms with Crippen molar-refractivity contribution < 1.29 is 27.2 Å². The highest BCUT2D eigenvalue weighted by molar-refractivity contribution is 5.81. The molecule has 0 aliphatic carbocycles. The quantitative estimate of drug-likeness (QED) is 0.624. The van der Waals surface area contributed by atoms with Crippen LogP contribution in [0.25, 0.3) is 10.9 Å². The average Bonchev–Trinajstić information content (AvgIpc) is 2.47. The second kappa shape index (κ2) is 4.76. The van der Waals surface area contributed by atoms with Gasteiger partial charge >= 0.3 is 18.3 Å². The van der Waals surface area contributed by atoms with E-state index in [0.29, 0.717) is 6.20 Å². The topological polar surface area (TPSA) is 82.1 Å². The minimum atomic E-state index is -5.27. The van der Waals surface area contributed by atoms with Crippen LogP contribution in [-0.2, 0) is 4.79 Å². The summed E-state index contributed by atoms with van der Waals surface area (Å²) in [6.45, 7) is 0. The number of aromatic nitrogens is 2. The number of fused-ring (bicyclic) bond motifs is 1. The molecule has 6 nitrogen and oxygen atoms in total. The standard InChI is InChI=1S/C11H5F3N2O4/c12-11(13,14)10(18)20-8-5-16(19)15-7-4-2-1-3-6(7)9(8)17/h1-5H/p+1. The number of para-hydroxylation sites is 1. The van der Waals surface area contributed by atoms with Crippen molar-refractivity contribution in [2.75, 3.05) is 0 Å². The number of hydrogen-bond acceptors (Lipinski definition) is 4. The lowest BCUT2D eigenvalue weighted by molar-refractivity contribution is -0.561. The summed E-state index contributed by atoms with van der Waals surface area (Å²) in [5.74, 6) is -3.59. The van der Waals surface area contributed by atoms with Crippen molar-refractivity contribution in [1.82, 2.24) is 5.10 Å². The summed E-state index contributed by atoms with van der Waals surface area (Å²) in [7, 11) is 0. The third-order valence-electron chi connectivity index (χ3n) is 2.29.